The lowest BCUT2D eigenvalue weighted by atomic mass is 10.1. The lowest BCUT2D eigenvalue weighted by molar-refractivity contribution is -0.385. The molecule has 0 saturated carbocycles. The summed E-state index contributed by atoms with van der Waals surface area (Å²) in [6.45, 7) is 1.44. The van der Waals surface area contributed by atoms with Gasteiger partial charge in [0.05, 0.1) is 10.5 Å². The van der Waals surface area contributed by atoms with Crippen molar-refractivity contribution >= 4 is 17.2 Å². The van der Waals surface area contributed by atoms with Crippen molar-refractivity contribution < 1.29 is 14.5 Å². The van der Waals surface area contributed by atoms with Crippen LogP contribution in [0, 0.1) is 10.1 Å². The number of carbonyl (C=O) groups excluding carboxylic acids is 1. The molecule has 6 nitrogen and oxygen atoms in total. The van der Waals surface area contributed by atoms with Crippen LogP contribution in [0.3, 0.4) is 0 Å². The largest absolute Gasteiger partial charge is 0.481 e. The van der Waals surface area contributed by atoms with Crippen LogP contribution in [0.1, 0.15) is 22.8 Å². The second kappa shape index (κ2) is 6.04. The fourth-order valence-electron chi connectivity index (χ4n) is 1.93. The molecule has 0 aliphatic heterocycles. The van der Waals surface area contributed by atoms with Crippen LogP contribution in [0.5, 0.6) is 5.75 Å². The maximum Gasteiger partial charge on any atom is 0.334 e. The van der Waals surface area contributed by atoms with Crippen molar-refractivity contribution in [2.45, 2.75) is 13.5 Å². The quantitative estimate of drug-likeness (QED) is 0.394. The van der Waals surface area contributed by atoms with Crippen molar-refractivity contribution in [2.24, 2.45) is 0 Å². The Morgan fingerprint density at radius 1 is 1.24 bits per heavy atom. The van der Waals surface area contributed by atoms with Gasteiger partial charge >= 0.3 is 5.69 Å². The molecule has 21 heavy (non-hydrogen) atoms. The molecule has 0 aliphatic rings. The van der Waals surface area contributed by atoms with Crippen LogP contribution in [0.15, 0.2) is 42.5 Å². The molecule has 2 rings (SSSR count). The van der Waals surface area contributed by atoms with E-state index < -0.39 is 4.92 Å². The Labute approximate surface area is 121 Å². The molecule has 0 saturated heterocycles. The molecule has 108 valence electrons. The first-order valence-corrected chi connectivity index (χ1v) is 6.25. The first-order valence-electron chi connectivity index (χ1n) is 6.25. The van der Waals surface area contributed by atoms with Gasteiger partial charge in [0.25, 0.3) is 0 Å². The predicted octanol–water partition coefficient (Wildman–Crippen LogP) is 2.96. The summed E-state index contributed by atoms with van der Waals surface area (Å²) in [6.07, 6.45) is 0. The van der Waals surface area contributed by atoms with Crippen molar-refractivity contribution in [3.05, 3.63) is 63.7 Å². The Bertz CT molecular complexity index is 684. The van der Waals surface area contributed by atoms with Crippen molar-refractivity contribution in [3.8, 4) is 5.75 Å². The number of hydrogen-bond donors (Lipinski definition) is 1. The van der Waals surface area contributed by atoms with Crippen molar-refractivity contribution in [2.75, 3.05) is 5.73 Å². The minimum Gasteiger partial charge on any atom is -0.481 e. The summed E-state index contributed by atoms with van der Waals surface area (Å²) in [6, 6.07) is 11.9. The smallest absolute Gasteiger partial charge is 0.334 e. The van der Waals surface area contributed by atoms with Gasteiger partial charge in [-0.15, -0.1) is 0 Å². The Hall–Kier alpha value is -2.89. The minimum atomic E-state index is -0.637. The van der Waals surface area contributed by atoms with Gasteiger partial charge in [-0.1, -0.05) is 30.3 Å². The molecule has 0 aromatic heterocycles. The Kier molecular flexibility index (Phi) is 4.18. The molecule has 2 N–H and O–H groups in total. The number of rotatable bonds is 5. The number of benzene rings is 2. The van der Waals surface area contributed by atoms with Gasteiger partial charge in [0.1, 0.15) is 12.3 Å². The number of ether oxygens (including phenoxy) is 1. The summed E-state index contributed by atoms with van der Waals surface area (Å²) < 4.78 is 5.52. The van der Waals surface area contributed by atoms with Gasteiger partial charge in [-0.05, 0) is 24.6 Å². The molecule has 0 heterocycles. The third kappa shape index (κ3) is 3.17. The molecular formula is C15H14N2O4. The van der Waals surface area contributed by atoms with Crippen molar-refractivity contribution in [1.82, 2.24) is 0 Å². The average molecular weight is 286 g/mol. The van der Waals surface area contributed by atoms with Crippen LogP contribution >= 0.6 is 0 Å². The monoisotopic (exact) mass is 286 g/mol. The minimum absolute atomic E-state index is 0.0342. The molecule has 0 atom stereocenters. The fourth-order valence-corrected chi connectivity index (χ4v) is 1.93. The first-order chi connectivity index (χ1) is 10.0. The van der Waals surface area contributed by atoms with E-state index >= 15 is 0 Å². The summed E-state index contributed by atoms with van der Waals surface area (Å²) in [5.74, 6) is -0.405. The molecule has 6 heteroatoms. The highest BCUT2D eigenvalue weighted by Gasteiger charge is 2.25. The molecule has 0 amide bonds. The highest BCUT2D eigenvalue weighted by molar-refractivity contribution is 5.99. The number of nitrogens with two attached hydrogens (primary N) is 1. The van der Waals surface area contributed by atoms with E-state index in [-0.39, 0.29) is 35.1 Å². The van der Waals surface area contributed by atoms with Gasteiger partial charge in [0.2, 0.25) is 5.75 Å². The topological polar surface area (TPSA) is 95.5 Å². The molecule has 2 aromatic carbocycles. The number of hydrogen-bond acceptors (Lipinski definition) is 5. The van der Waals surface area contributed by atoms with E-state index in [4.69, 9.17) is 10.5 Å². The molecule has 2 aromatic rings. The summed E-state index contributed by atoms with van der Waals surface area (Å²) in [7, 11) is 0. The summed E-state index contributed by atoms with van der Waals surface area (Å²) in [5.41, 5.74) is 6.20. The van der Waals surface area contributed by atoms with Crippen LogP contribution in [0.4, 0.5) is 11.4 Å². The van der Waals surface area contributed by atoms with Crippen LogP contribution in [-0.4, -0.2) is 10.7 Å². The van der Waals surface area contributed by atoms with Gasteiger partial charge < -0.3 is 10.5 Å². The zero-order valence-corrected chi connectivity index (χ0v) is 11.4. The van der Waals surface area contributed by atoms with Gasteiger partial charge in [-0.2, -0.15) is 0 Å². The molecule has 0 fully saturated rings. The molecular weight excluding hydrogens is 272 g/mol. The standard InChI is InChI=1S/C15H14N2O4/c1-10(18)12-7-8-13(16)14(17(19)20)15(12)21-9-11-5-3-2-4-6-11/h2-8H,9,16H2,1H3. The molecule has 0 aliphatic carbocycles. The lowest BCUT2D eigenvalue weighted by Crippen LogP contribution is -2.07. The highest BCUT2D eigenvalue weighted by atomic mass is 16.6. The zero-order chi connectivity index (χ0) is 15.4. The van der Waals surface area contributed by atoms with E-state index in [2.05, 4.69) is 0 Å². The number of nitro groups is 1. The maximum atomic E-state index is 11.6. The molecule has 0 spiro atoms. The lowest BCUT2D eigenvalue weighted by Gasteiger charge is -2.11. The van der Waals surface area contributed by atoms with Gasteiger partial charge in [0, 0.05) is 0 Å². The number of ketones is 1. The number of nitro benzene ring substituents is 1. The number of carbonyl (C=O) groups is 1. The van der Waals surface area contributed by atoms with E-state index in [1.807, 2.05) is 30.3 Å². The number of anilines is 1. The molecule has 0 unspecified atom stereocenters. The normalized spacial score (nSPS) is 10.1. The first kappa shape index (κ1) is 14.5. The predicted molar refractivity (Wildman–Crippen MR) is 78.3 cm³/mol. The van der Waals surface area contributed by atoms with Crippen LogP contribution in [0.2, 0.25) is 0 Å². The zero-order valence-electron chi connectivity index (χ0n) is 11.4. The third-order valence-electron chi connectivity index (χ3n) is 2.95. The van der Waals surface area contributed by atoms with E-state index in [1.54, 1.807) is 0 Å². The average Bonchev–Trinajstić information content (AvgIpc) is 2.45. The number of Topliss-reactive ketones (excluding diaryl/α,β-unsaturated/α-hetero) is 1. The molecule has 0 bridgehead atoms. The fraction of sp³-hybridized carbons (Fsp3) is 0.133. The van der Waals surface area contributed by atoms with Crippen LogP contribution in [0.25, 0.3) is 0 Å². The second-order valence-electron chi connectivity index (χ2n) is 4.47. The van der Waals surface area contributed by atoms with Gasteiger partial charge in [-0.3, -0.25) is 14.9 Å². The Morgan fingerprint density at radius 3 is 2.48 bits per heavy atom. The SMILES string of the molecule is CC(=O)c1ccc(N)c([N+](=O)[O-])c1OCc1ccccc1. The second-order valence-corrected chi connectivity index (χ2v) is 4.47. The van der Waals surface area contributed by atoms with E-state index in [0.29, 0.717) is 0 Å². The van der Waals surface area contributed by atoms with E-state index in [1.165, 1.54) is 19.1 Å². The Morgan fingerprint density at radius 2 is 1.90 bits per heavy atom. The van der Waals surface area contributed by atoms with Gasteiger partial charge in [0.15, 0.2) is 5.78 Å². The summed E-state index contributed by atoms with van der Waals surface area (Å²) in [5, 5.41) is 11.2. The van der Waals surface area contributed by atoms with Gasteiger partial charge in [-0.25, -0.2) is 0 Å². The number of nitrogens with zero attached hydrogens (tertiary/aromatic N) is 1. The maximum absolute atomic E-state index is 11.6. The Balaban J connectivity index is 2.42. The highest BCUT2D eigenvalue weighted by Crippen LogP contribution is 2.37. The van der Waals surface area contributed by atoms with Crippen molar-refractivity contribution in [1.29, 1.82) is 0 Å². The summed E-state index contributed by atoms with van der Waals surface area (Å²) >= 11 is 0. The third-order valence-corrected chi connectivity index (χ3v) is 2.95. The van der Waals surface area contributed by atoms with Crippen LogP contribution in [-0.2, 0) is 6.61 Å². The van der Waals surface area contributed by atoms with Crippen molar-refractivity contribution in [3.63, 3.8) is 0 Å². The molecule has 0 radical (unpaired) electrons. The van der Waals surface area contributed by atoms with E-state index in [0.717, 1.165) is 5.56 Å². The summed E-state index contributed by atoms with van der Waals surface area (Å²) in [4.78, 5) is 22.1. The van der Waals surface area contributed by atoms with E-state index in [9.17, 15) is 14.9 Å². The van der Waals surface area contributed by atoms with Crippen LogP contribution < -0.4 is 10.5 Å². The number of nitrogen functional groups attached to an aromatic ring is 1.